The summed E-state index contributed by atoms with van der Waals surface area (Å²) in [4.78, 5) is 0. The maximum atomic E-state index is 6.28. The zero-order chi connectivity index (χ0) is 12.6. The van der Waals surface area contributed by atoms with Gasteiger partial charge in [-0.25, -0.2) is 0 Å². The average molecular weight is 241 g/mol. The highest BCUT2D eigenvalue weighted by Crippen LogP contribution is 2.30. The Labute approximate surface area is 108 Å². The number of hydrogen-bond donors (Lipinski definition) is 1. The van der Waals surface area contributed by atoms with Gasteiger partial charge in [0.2, 0.25) is 0 Å². The van der Waals surface area contributed by atoms with Crippen LogP contribution in [0.2, 0.25) is 0 Å². The van der Waals surface area contributed by atoms with E-state index in [1.165, 1.54) is 51.4 Å². The van der Waals surface area contributed by atoms with Gasteiger partial charge in [0.15, 0.2) is 0 Å². The third-order valence-corrected chi connectivity index (χ3v) is 3.75. The first-order chi connectivity index (χ1) is 8.18. The zero-order valence-corrected chi connectivity index (χ0v) is 12.1. The number of ether oxygens (including phenoxy) is 1. The van der Waals surface area contributed by atoms with Gasteiger partial charge in [-0.3, -0.25) is 0 Å². The first-order valence-electron chi connectivity index (χ1n) is 7.56. The van der Waals surface area contributed by atoms with E-state index >= 15 is 0 Å². The number of nitrogens with one attached hydrogen (secondary N) is 1. The normalized spacial score (nSPS) is 20.5. The molecular weight excluding hydrogens is 210 g/mol. The summed E-state index contributed by atoms with van der Waals surface area (Å²) in [6.45, 7) is 8.65. The fraction of sp³-hybridized carbons (Fsp3) is 1.00. The molecule has 0 aromatic heterocycles. The molecule has 1 aliphatic carbocycles. The minimum absolute atomic E-state index is 0.135. The van der Waals surface area contributed by atoms with Crippen LogP contribution in [0.15, 0.2) is 0 Å². The molecule has 0 radical (unpaired) electrons. The molecule has 0 spiro atoms. The van der Waals surface area contributed by atoms with E-state index in [0.717, 1.165) is 13.2 Å². The van der Waals surface area contributed by atoms with Gasteiger partial charge in [0.1, 0.15) is 0 Å². The summed E-state index contributed by atoms with van der Waals surface area (Å²) in [6.07, 6.45) is 10.4. The van der Waals surface area contributed by atoms with Crippen molar-refractivity contribution in [3.63, 3.8) is 0 Å². The molecule has 1 N–H and O–H groups in total. The average Bonchev–Trinajstić information content (AvgIpc) is 2.53. The molecular formula is C15H31NO. The maximum absolute atomic E-state index is 6.28. The largest absolute Gasteiger partial charge is 0.374 e. The molecule has 1 rings (SSSR count). The maximum Gasteiger partial charge on any atom is 0.0806 e. The second-order valence-corrected chi connectivity index (χ2v) is 5.83. The van der Waals surface area contributed by atoms with Gasteiger partial charge < -0.3 is 10.1 Å². The quantitative estimate of drug-likeness (QED) is 0.539. The van der Waals surface area contributed by atoms with Crippen LogP contribution in [-0.2, 0) is 4.74 Å². The van der Waals surface area contributed by atoms with E-state index in [9.17, 15) is 0 Å². The van der Waals surface area contributed by atoms with E-state index in [-0.39, 0.29) is 5.60 Å². The van der Waals surface area contributed by atoms with Crippen molar-refractivity contribution in [3.05, 3.63) is 0 Å². The molecule has 0 atom stereocenters. The molecule has 0 heterocycles. The van der Waals surface area contributed by atoms with Gasteiger partial charge in [-0.1, -0.05) is 52.9 Å². The number of unbranched alkanes of at least 4 members (excludes halogenated alkanes) is 1. The second kappa shape index (κ2) is 8.10. The molecule has 0 aliphatic heterocycles. The molecule has 0 unspecified atom stereocenters. The van der Waals surface area contributed by atoms with Crippen LogP contribution in [0, 0.1) is 0 Å². The number of rotatable bonds is 7. The zero-order valence-electron chi connectivity index (χ0n) is 12.1. The molecule has 1 saturated carbocycles. The van der Waals surface area contributed by atoms with Crippen LogP contribution >= 0.6 is 0 Å². The first-order valence-corrected chi connectivity index (χ1v) is 7.56. The Balaban J connectivity index is 2.47. The standard InChI is InChI=1S/C15H31NO/c1-4-5-12-17-15(13-16-14(2)3)10-8-6-7-9-11-15/h14,16H,4-13H2,1-3H3. The highest BCUT2D eigenvalue weighted by Gasteiger charge is 2.31. The van der Waals surface area contributed by atoms with E-state index in [1.54, 1.807) is 0 Å². The summed E-state index contributed by atoms with van der Waals surface area (Å²) in [5, 5.41) is 3.59. The van der Waals surface area contributed by atoms with Crippen LogP contribution in [0.1, 0.15) is 72.1 Å². The van der Waals surface area contributed by atoms with Crippen molar-refractivity contribution in [1.29, 1.82) is 0 Å². The Morgan fingerprint density at radius 1 is 1.12 bits per heavy atom. The van der Waals surface area contributed by atoms with Crippen molar-refractivity contribution < 1.29 is 4.74 Å². The van der Waals surface area contributed by atoms with Gasteiger partial charge >= 0.3 is 0 Å². The monoisotopic (exact) mass is 241 g/mol. The molecule has 0 bridgehead atoms. The van der Waals surface area contributed by atoms with Gasteiger partial charge in [0, 0.05) is 19.2 Å². The molecule has 0 amide bonds. The SMILES string of the molecule is CCCCOC1(CNC(C)C)CCCCCC1. The van der Waals surface area contributed by atoms with E-state index < -0.39 is 0 Å². The minimum Gasteiger partial charge on any atom is -0.374 e. The molecule has 0 aromatic rings. The lowest BCUT2D eigenvalue weighted by Gasteiger charge is -2.34. The van der Waals surface area contributed by atoms with E-state index in [2.05, 4.69) is 26.1 Å². The van der Waals surface area contributed by atoms with Crippen LogP contribution in [0.25, 0.3) is 0 Å². The smallest absolute Gasteiger partial charge is 0.0806 e. The third kappa shape index (κ3) is 5.87. The summed E-state index contributed by atoms with van der Waals surface area (Å²) in [7, 11) is 0. The Morgan fingerprint density at radius 2 is 1.76 bits per heavy atom. The molecule has 17 heavy (non-hydrogen) atoms. The predicted octanol–water partition coefficient (Wildman–Crippen LogP) is 3.89. The molecule has 0 saturated heterocycles. The highest BCUT2D eigenvalue weighted by molar-refractivity contribution is 4.86. The van der Waals surface area contributed by atoms with Crippen LogP contribution in [-0.4, -0.2) is 24.8 Å². The van der Waals surface area contributed by atoms with Gasteiger partial charge in [0.25, 0.3) is 0 Å². The van der Waals surface area contributed by atoms with Crippen molar-refractivity contribution in [2.75, 3.05) is 13.2 Å². The van der Waals surface area contributed by atoms with Gasteiger partial charge in [-0.05, 0) is 19.3 Å². The number of hydrogen-bond acceptors (Lipinski definition) is 2. The fourth-order valence-electron chi connectivity index (χ4n) is 2.57. The Kier molecular flexibility index (Phi) is 7.14. The van der Waals surface area contributed by atoms with Crippen molar-refractivity contribution in [1.82, 2.24) is 5.32 Å². The summed E-state index contributed by atoms with van der Waals surface area (Å²) in [6, 6.07) is 0.560. The molecule has 2 heteroatoms. The van der Waals surface area contributed by atoms with Crippen molar-refractivity contribution in [3.8, 4) is 0 Å². The van der Waals surface area contributed by atoms with E-state index in [1.807, 2.05) is 0 Å². The molecule has 1 fully saturated rings. The molecule has 1 aliphatic rings. The fourth-order valence-corrected chi connectivity index (χ4v) is 2.57. The Morgan fingerprint density at radius 3 is 2.29 bits per heavy atom. The topological polar surface area (TPSA) is 21.3 Å². The summed E-state index contributed by atoms with van der Waals surface area (Å²) < 4.78 is 6.28. The lowest BCUT2D eigenvalue weighted by Crippen LogP contribution is -2.45. The Bertz CT molecular complexity index is 183. The predicted molar refractivity (Wildman–Crippen MR) is 74.4 cm³/mol. The summed E-state index contributed by atoms with van der Waals surface area (Å²) in [5.41, 5.74) is 0.135. The third-order valence-electron chi connectivity index (χ3n) is 3.75. The highest BCUT2D eigenvalue weighted by atomic mass is 16.5. The first kappa shape index (κ1) is 15.0. The molecule has 102 valence electrons. The van der Waals surface area contributed by atoms with Crippen LogP contribution in [0.4, 0.5) is 0 Å². The summed E-state index contributed by atoms with van der Waals surface area (Å²) >= 11 is 0. The van der Waals surface area contributed by atoms with Gasteiger partial charge in [0.05, 0.1) is 5.60 Å². The van der Waals surface area contributed by atoms with Crippen molar-refractivity contribution >= 4 is 0 Å². The van der Waals surface area contributed by atoms with E-state index in [0.29, 0.717) is 6.04 Å². The van der Waals surface area contributed by atoms with Crippen molar-refractivity contribution in [2.45, 2.75) is 83.8 Å². The van der Waals surface area contributed by atoms with Crippen molar-refractivity contribution in [2.24, 2.45) is 0 Å². The lowest BCUT2D eigenvalue weighted by atomic mass is 9.93. The molecule has 2 nitrogen and oxygen atoms in total. The van der Waals surface area contributed by atoms with Gasteiger partial charge in [-0.2, -0.15) is 0 Å². The van der Waals surface area contributed by atoms with Crippen LogP contribution < -0.4 is 5.32 Å². The van der Waals surface area contributed by atoms with Crippen LogP contribution in [0.3, 0.4) is 0 Å². The summed E-state index contributed by atoms with van der Waals surface area (Å²) in [5.74, 6) is 0. The lowest BCUT2D eigenvalue weighted by molar-refractivity contribution is -0.0569. The second-order valence-electron chi connectivity index (χ2n) is 5.83. The van der Waals surface area contributed by atoms with Crippen LogP contribution in [0.5, 0.6) is 0 Å². The van der Waals surface area contributed by atoms with Gasteiger partial charge in [-0.15, -0.1) is 0 Å². The van der Waals surface area contributed by atoms with E-state index in [4.69, 9.17) is 4.74 Å². The minimum atomic E-state index is 0.135. The Hall–Kier alpha value is -0.0800. The molecule has 0 aromatic carbocycles.